The number of amides is 1. The molecule has 0 aliphatic carbocycles. The zero-order valence-electron chi connectivity index (χ0n) is 9.70. The minimum absolute atomic E-state index is 0.110. The van der Waals surface area contributed by atoms with Gasteiger partial charge in [-0.1, -0.05) is 0 Å². The number of carboxylic acids is 1. The van der Waals surface area contributed by atoms with Crippen LogP contribution in [-0.4, -0.2) is 58.4 Å². The fourth-order valence-electron chi connectivity index (χ4n) is 2.56. The van der Waals surface area contributed by atoms with Gasteiger partial charge < -0.3 is 19.8 Å². The van der Waals surface area contributed by atoms with E-state index in [-0.39, 0.29) is 30.9 Å². The summed E-state index contributed by atoms with van der Waals surface area (Å²) in [5, 5.41) is 18.5. The van der Waals surface area contributed by atoms with E-state index in [1.165, 1.54) is 4.90 Å². The number of carboxylic acid groups (broad SMARTS) is 1. The van der Waals surface area contributed by atoms with Crippen molar-refractivity contribution in [3.8, 4) is 0 Å². The van der Waals surface area contributed by atoms with E-state index in [0.717, 1.165) is 0 Å². The summed E-state index contributed by atoms with van der Waals surface area (Å²) in [6, 6.07) is -0.898. The number of aliphatic hydroxyl groups excluding tert-OH is 1. The van der Waals surface area contributed by atoms with Crippen molar-refractivity contribution >= 4 is 11.9 Å². The Morgan fingerprint density at radius 1 is 1.41 bits per heavy atom. The van der Waals surface area contributed by atoms with E-state index in [1.54, 1.807) is 0 Å². The minimum Gasteiger partial charge on any atom is -0.480 e. The first-order chi connectivity index (χ1) is 8.00. The quantitative estimate of drug-likeness (QED) is 0.680. The average Bonchev–Trinajstić information content (AvgIpc) is 2.83. The summed E-state index contributed by atoms with van der Waals surface area (Å²) in [4.78, 5) is 24.5. The van der Waals surface area contributed by atoms with Crippen molar-refractivity contribution in [2.45, 2.75) is 38.0 Å². The van der Waals surface area contributed by atoms with Crippen LogP contribution in [0.1, 0.15) is 19.8 Å². The molecule has 0 saturated carbocycles. The van der Waals surface area contributed by atoms with Gasteiger partial charge in [-0.25, -0.2) is 4.79 Å². The highest BCUT2D eigenvalue weighted by molar-refractivity contribution is 5.86. The zero-order valence-corrected chi connectivity index (χ0v) is 9.70. The van der Waals surface area contributed by atoms with Gasteiger partial charge >= 0.3 is 5.97 Å². The lowest BCUT2D eigenvalue weighted by molar-refractivity contribution is -0.150. The molecule has 2 heterocycles. The molecule has 2 saturated heterocycles. The fraction of sp³-hybridized carbons (Fsp3) is 0.818. The van der Waals surface area contributed by atoms with Crippen LogP contribution in [0.3, 0.4) is 0 Å². The van der Waals surface area contributed by atoms with Crippen molar-refractivity contribution in [2.75, 3.05) is 13.2 Å². The number of nitrogens with zero attached hydrogens (tertiary/aromatic N) is 1. The third kappa shape index (κ3) is 2.28. The topological polar surface area (TPSA) is 87.1 Å². The average molecular weight is 243 g/mol. The summed E-state index contributed by atoms with van der Waals surface area (Å²) in [5.41, 5.74) is 0. The summed E-state index contributed by atoms with van der Waals surface area (Å²) in [6.07, 6.45) is -0.172. The highest BCUT2D eigenvalue weighted by Crippen LogP contribution is 2.27. The van der Waals surface area contributed by atoms with Gasteiger partial charge in [-0.2, -0.15) is 0 Å². The van der Waals surface area contributed by atoms with Gasteiger partial charge in [0.05, 0.1) is 18.1 Å². The molecule has 6 nitrogen and oxygen atoms in total. The molecule has 2 unspecified atom stereocenters. The molecule has 0 bridgehead atoms. The molecule has 4 atom stereocenters. The van der Waals surface area contributed by atoms with E-state index < -0.39 is 18.1 Å². The summed E-state index contributed by atoms with van der Waals surface area (Å²) in [6.45, 7) is 2.46. The van der Waals surface area contributed by atoms with E-state index >= 15 is 0 Å². The Morgan fingerprint density at radius 2 is 2.12 bits per heavy atom. The van der Waals surface area contributed by atoms with Gasteiger partial charge in [0, 0.05) is 19.6 Å². The molecule has 2 aliphatic heterocycles. The maximum absolute atomic E-state index is 12.2. The number of aliphatic hydroxyl groups is 1. The third-order valence-electron chi connectivity index (χ3n) is 3.54. The van der Waals surface area contributed by atoms with Crippen LogP contribution >= 0.6 is 0 Å². The van der Waals surface area contributed by atoms with Crippen molar-refractivity contribution < 1.29 is 24.5 Å². The van der Waals surface area contributed by atoms with E-state index in [9.17, 15) is 14.7 Å². The Hall–Kier alpha value is -1.14. The Morgan fingerprint density at radius 3 is 2.65 bits per heavy atom. The first-order valence-corrected chi connectivity index (χ1v) is 5.83. The molecule has 0 spiro atoms. The fourth-order valence-corrected chi connectivity index (χ4v) is 2.56. The lowest BCUT2D eigenvalue weighted by atomic mass is 10.0. The molecule has 6 heteroatoms. The van der Waals surface area contributed by atoms with Crippen molar-refractivity contribution in [2.24, 2.45) is 5.92 Å². The normalized spacial score (nSPS) is 37.4. The predicted octanol–water partition coefficient (Wildman–Crippen LogP) is -0.542. The molecule has 17 heavy (non-hydrogen) atoms. The van der Waals surface area contributed by atoms with E-state index in [1.807, 2.05) is 6.92 Å². The first kappa shape index (κ1) is 12.3. The van der Waals surface area contributed by atoms with Gasteiger partial charge in [-0.15, -0.1) is 0 Å². The monoisotopic (exact) mass is 243 g/mol. The van der Waals surface area contributed by atoms with Crippen LogP contribution in [0.5, 0.6) is 0 Å². The highest BCUT2D eigenvalue weighted by atomic mass is 16.5. The molecule has 0 aromatic carbocycles. The number of aliphatic carboxylic acids is 1. The minimum atomic E-state index is -1.05. The van der Waals surface area contributed by atoms with Gasteiger partial charge in [0.15, 0.2) is 0 Å². The molecule has 0 radical (unpaired) electrons. The SMILES string of the molecule is CC1OCCC1C(=O)N1C[C@@H](O)C[C@H]1C(=O)O. The molecule has 96 valence electrons. The second kappa shape index (κ2) is 4.62. The van der Waals surface area contributed by atoms with Crippen LogP contribution in [-0.2, 0) is 14.3 Å². The largest absolute Gasteiger partial charge is 0.480 e. The number of hydrogen-bond donors (Lipinski definition) is 2. The Bertz CT molecular complexity index is 332. The van der Waals surface area contributed by atoms with Gasteiger partial charge in [0.25, 0.3) is 0 Å². The Balaban J connectivity index is 2.10. The molecule has 2 aliphatic rings. The van der Waals surface area contributed by atoms with Crippen molar-refractivity contribution in [3.63, 3.8) is 0 Å². The number of likely N-dealkylation sites (tertiary alicyclic amines) is 1. The molecule has 2 fully saturated rings. The van der Waals surface area contributed by atoms with Crippen molar-refractivity contribution in [3.05, 3.63) is 0 Å². The van der Waals surface area contributed by atoms with Crippen LogP contribution in [0.25, 0.3) is 0 Å². The van der Waals surface area contributed by atoms with Crippen LogP contribution < -0.4 is 0 Å². The molecule has 2 N–H and O–H groups in total. The maximum Gasteiger partial charge on any atom is 0.326 e. The second-order valence-corrected chi connectivity index (χ2v) is 4.71. The van der Waals surface area contributed by atoms with Crippen LogP contribution in [0.15, 0.2) is 0 Å². The van der Waals surface area contributed by atoms with Crippen molar-refractivity contribution in [1.82, 2.24) is 4.90 Å². The van der Waals surface area contributed by atoms with Crippen LogP contribution in [0.2, 0.25) is 0 Å². The van der Waals surface area contributed by atoms with Gasteiger partial charge in [0.2, 0.25) is 5.91 Å². The molecule has 0 aromatic rings. The zero-order chi connectivity index (χ0) is 12.6. The van der Waals surface area contributed by atoms with E-state index in [4.69, 9.17) is 9.84 Å². The molecule has 0 aromatic heterocycles. The molecule has 2 rings (SSSR count). The highest BCUT2D eigenvalue weighted by Gasteiger charge is 2.43. The van der Waals surface area contributed by atoms with E-state index in [0.29, 0.717) is 13.0 Å². The Labute approximate surface area is 99.2 Å². The van der Waals surface area contributed by atoms with Gasteiger partial charge in [0.1, 0.15) is 6.04 Å². The van der Waals surface area contributed by atoms with Crippen LogP contribution in [0.4, 0.5) is 0 Å². The molecular formula is C11H17NO5. The summed E-state index contributed by atoms with van der Waals surface area (Å²) < 4.78 is 5.31. The van der Waals surface area contributed by atoms with Gasteiger partial charge in [-0.05, 0) is 13.3 Å². The van der Waals surface area contributed by atoms with Crippen LogP contribution in [0, 0.1) is 5.92 Å². The second-order valence-electron chi connectivity index (χ2n) is 4.71. The number of β-amino-alcohol motifs (C(OH)–C–C–N with tert-alkyl or cyclic N) is 1. The Kier molecular flexibility index (Phi) is 3.35. The first-order valence-electron chi connectivity index (χ1n) is 5.83. The smallest absolute Gasteiger partial charge is 0.326 e. The summed E-state index contributed by atoms with van der Waals surface area (Å²) in [7, 11) is 0. The number of ether oxygens (including phenoxy) is 1. The lowest BCUT2D eigenvalue weighted by Gasteiger charge is -2.25. The molecular weight excluding hydrogens is 226 g/mol. The number of hydrogen-bond acceptors (Lipinski definition) is 4. The maximum atomic E-state index is 12.2. The number of carbonyl (C=O) groups is 2. The number of carbonyl (C=O) groups excluding carboxylic acids is 1. The van der Waals surface area contributed by atoms with Gasteiger partial charge in [-0.3, -0.25) is 4.79 Å². The predicted molar refractivity (Wildman–Crippen MR) is 57.3 cm³/mol. The lowest BCUT2D eigenvalue weighted by Crippen LogP contribution is -2.45. The van der Waals surface area contributed by atoms with Crippen molar-refractivity contribution in [1.29, 1.82) is 0 Å². The summed E-state index contributed by atoms with van der Waals surface area (Å²) >= 11 is 0. The van der Waals surface area contributed by atoms with E-state index in [2.05, 4.69) is 0 Å². The third-order valence-corrected chi connectivity index (χ3v) is 3.54. The number of rotatable bonds is 2. The molecule has 1 amide bonds. The summed E-state index contributed by atoms with van der Waals surface area (Å²) in [5.74, 6) is -1.54. The standard InChI is InChI=1S/C11H17NO5/c1-6-8(2-3-17-6)10(14)12-5-7(13)4-9(12)11(15)16/h6-9,13H,2-5H2,1H3,(H,15,16)/t6?,7-,8?,9-/m0/s1.